The molecule has 1 aliphatic heterocycles. The van der Waals surface area contributed by atoms with Gasteiger partial charge in [0.05, 0.1) is 6.04 Å². The maximum absolute atomic E-state index is 3.59. The van der Waals surface area contributed by atoms with Crippen molar-refractivity contribution in [1.29, 1.82) is 0 Å². The van der Waals surface area contributed by atoms with Crippen LogP contribution >= 0.6 is 11.3 Å². The maximum Gasteiger partial charge on any atom is 0.0512 e. The Labute approximate surface area is 115 Å². The van der Waals surface area contributed by atoms with Crippen LogP contribution in [-0.2, 0) is 0 Å². The lowest BCUT2D eigenvalue weighted by Gasteiger charge is -2.46. The summed E-state index contributed by atoms with van der Waals surface area (Å²) >= 11 is 1.80. The minimum absolute atomic E-state index is 0.284. The molecule has 1 N–H and O–H groups in total. The highest BCUT2D eigenvalue weighted by atomic mass is 32.1. The van der Waals surface area contributed by atoms with Crippen LogP contribution < -0.4 is 5.32 Å². The number of nitrogens with zero attached hydrogens (tertiary/aromatic N) is 1. The summed E-state index contributed by atoms with van der Waals surface area (Å²) in [6, 6.07) is 2.74. The molecule has 1 aromatic rings. The molecule has 1 aliphatic rings. The molecule has 2 nitrogen and oxygen atoms in total. The van der Waals surface area contributed by atoms with Crippen molar-refractivity contribution in [1.82, 2.24) is 10.2 Å². The third-order valence-electron chi connectivity index (χ3n) is 4.66. The van der Waals surface area contributed by atoms with Crippen LogP contribution in [0.1, 0.15) is 51.1 Å². The molecule has 0 amide bonds. The number of nitrogens with one attached hydrogen (secondary N) is 1. The van der Waals surface area contributed by atoms with Gasteiger partial charge in [-0.05, 0) is 68.2 Å². The largest absolute Gasteiger partial charge is 0.311 e. The topological polar surface area (TPSA) is 15.3 Å². The summed E-state index contributed by atoms with van der Waals surface area (Å²) in [5.74, 6) is 0. The van der Waals surface area contributed by atoms with Gasteiger partial charge < -0.3 is 5.32 Å². The second kappa shape index (κ2) is 6.18. The van der Waals surface area contributed by atoms with Crippen LogP contribution in [0.5, 0.6) is 0 Å². The lowest BCUT2D eigenvalue weighted by atomic mass is 9.80. The van der Waals surface area contributed by atoms with Crippen molar-refractivity contribution < 1.29 is 0 Å². The number of hydrogen-bond acceptors (Lipinski definition) is 3. The molecule has 102 valence electrons. The second-order valence-corrected chi connectivity index (χ2v) is 6.06. The third kappa shape index (κ3) is 2.36. The summed E-state index contributed by atoms with van der Waals surface area (Å²) in [5, 5.41) is 8.09. The molecule has 1 saturated heterocycles. The standard InChI is InChI=1S/C15H26N2S/c1-4-15(5-2,17-9-6-7-10-17)14(16-3)13-8-11-18-12-13/h8,11-12,14,16H,4-7,9-10H2,1-3H3. The predicted molar refractivity (Wildman–Crippen MR) is 80.2 cm³/mol. The third-order valence-corrected chi connectivity index (χ3v) is 5.36. The van der Waals surface area contributed by atoms with E-state index in [4.69, 9.17) is 0 Å². The molecule has 0 aromatic carbocycles. The summed E-state index contributed by atoms with van der Waals surface area (Å²) in [6.45, 7) is 7.23. The number of thiophene rings is 1. The Balaban J connectivity index is 2.31. The number of hydrogen-bond donors (Lipinski definition) is 1. The Morgan fingerprint density at radius 1 is 1.33 bits per heavy atom. The zero-order valence-corrected chi connectivity index (χ0v) is 12.7. The maximum atomic E-state index is 3.59. The molecule has 0 saturated carbocycles. The van der Waals surface area contributed by atoms with E-state index >= 15 is 0 Å². The van der Waals surface area contributed by atoms with E-state index < -0.39 is 0 Å². The number of likely N-dealkylation sites (N-methyl/N-ethyl adjacent to an activating group) is 1. The summed E-state index contributed by atoms with van der Waals surface area (Å²) in [5.41, 5.74) is 1.74. The molecule has 1 unspecified atom stereocenters. The summed E-state index contributed by atoms with van der Waals surface area (Å²) in [6.07, 6.45) is 5.15. The van der Waals surface area contributed by atoms with Gasteiger partial charge in [-0.3, -0.25) is 4.90 Å². The Kier molecular flexibility index (Phi) is 4.82. The van der Waals surface area contributed by atoms with Crippen molar-refractivity contribution in [3.05, 3.63) is 22.4 Å². The fourth-order valence-corrected chi connectivity index (χ4v) is 4.32. The Bertz CT molecular complexity index is 337. The highest BCUT2D eigenvalue weighted by Crippen LogP contribution is 2.39. The minimum atomic E-state index is 0.284. The monoisotopic (exact) mass is 266 g/mol. The van der Waals surface area contributed by atoms with Gasteiger partial charge in [0.25, 0.3) is 0 Å². The molecular weight excluding hydrogens is 240 g/mol. The van der Waals surface area contributed by atoms with E-state index in [1.165, 1.54) is 44.3 Å². The SMILES string of the molecule is CCC(CC)(C(NC)c1ccsc1)N1CCCC1. The summed E-state index contributed by atoms with van der Waals surface area (Å²) in [7, 11) is 2.11. The van der Waals surface area contributed by atoms with Gasteiger partial charge in [0.15, 0.2) is 0 Å². The van der Waals surface area contributed by atoms with Crippen molar-refractivity contribution in [2.45, 2.75) is 51.1 Å². The predicted octanol–water partition coefficient (Wildman–Crippen LogP) is 3.66. The van der Waals surface area contributed by atoms with E-state index in [1.807, 2.05) is 0 Å². The first-order valence-electron chi connectivity index (χ1n) is 7.23. The first-order chi connectivity index (χ1) is 8.78. The van der Waals surface area contributed by atoms with Gasteiger partial charge in [-0.15, -0.1) is 0 Å². The van der Waals surface area contributed by atoms with Crippen LogP contribution in [0.3, 0.4) is 0 Å². The Morgan fingerprint density at radius 3 is 2.44 bits per heavy atom. The molecule has 1 atom stereocenters. The van der Waals surface area contributed by atoms with E-state index in [0.717, 1.165) is 0 Å². The summed E-state index contributed by atoms with van der Waals surface area (Å²) < 4.78 is 0. The molecular formula is C15H26N2S. The van der Waals surface area contributed by atoms with E-state index in [1.54, 1.807) is 11.3 Å². The summed E-state index contributed by atoms with van der Waals surface area (Å²) in [4.78, 5) is 2.73. The normalized spacial score (nSPS) is 19.3. The second-order valence-electron chi connectivity index (χ2n) is 5.28. The zero-order chi connectivity index (χ0) is 13.0. The molecule has 3 heteroatoms. The van der Waals surface area contributed by atoms with Crippen LogP contribution in [0.2, 0.25) is 0 Å². The first kappa shape index (κ1) is 14.0. The zero-order valence-electron chi connectivity index (χ0n) is 11.9. The van der Waals surface area contributed by atoms with Crippen molar-refractivity contribution in [2.75, 3.05) is 20.1 Å². The fourth-order valence-electron chi connectivity index (χ4n) is 3.64. The van der Waals surface area contributed by atoms with Gasteiger partial charge in [-0.2, -0.15) is 11.3 Å². The van der Waals surface area contributed by atoms with Gasteiger partial charge in [-0.1, -0.05) is 13.8 Å². The van der Waals surface area contributed by atoms with Crippen LogP contribution in [-0.4, -0.2) is 30.6 Å². The molecule has 1 aromatic heterocycles. The lowest BCUT2D eigenvalue weighted by molar-refractivity contribution is 0.0648. The average molecular weight is 266 g/mol. The van der Waals surface area contributed by atoms with Gasteiger partial charge in [0, 0.05) is 5.54 Å². The van der Waals surface area contributed by atoms with E-state index in [2.05, 4.69) is 47.9 Å². The fraction of sp³-hybridized carbons (Fsp3) is 0.733. The van der Waals surface area contributed by atoms with E-state index in [-0.39, 0.29) is 5.54 Å². The molecule has 18 heavy (non-hydrogen) atoms. The minimum Gasteiger partial charge on any atom is -0.311 e. The van der Waals surface area contributed by atoms with Gasteiger partial charge in [0.1, 0.15) is 0 Å². The van der Waals surface area contributed by atoms with Crippen LogP contribution in [0, 0.1) is 0 Å². The molecule has 2 heterocycles. The van der Waals surface area contributed by atoms with Crippen molar-refractivity contribution in [3.8, 4) is 0 Å². The lowest BCUT2D eigenvalue weighted by Crippen LogP contribution is -2.54. The highest BCUT2D eigenvalue weighted by Gasteiger charge is 2.42. The molecule has 0 bridgehead atoms. The number of likely N-dealkylation sites (tertiary alicyclic amines) is 1. The van der Waals surface area contributed by atoms with Crippen LogP contribution in [0.25, 0.3) is 0 Å². The molecule has 0 radical (unpaired) electrons. The van der Waals surface area contributed by atoms with E-state index in [9.17, 15) is 0 Å². The van der Waals surface area contributed by atoms with Gasteiger partial charge in [0.2, 0.25) is 0 Å². The molecule has 0 spiro atoms. The molecule has 1 fully saturated rings. The Morgan fingerprint density at radius 2 is 2.00 bits per heavy atom. The van der Waals surface area contributed by atoms with E-state index in [0.29, 0.717) is 6.04 Å². The number of rotatable bonds is 6. The van der Waals surface area contributed by atoms with Crippen molar-refractivity contribution >= 4 is 11.3 Å². The molecule has 2 rings (SSSR count). The molecule has 0 aliphatic carbocycles. The van der Waals surface area contributed by atoms with Crippen LogP contribution in [0.4, 0.5) is 0 Å². The Hall–Kier alpha value is -0.380. The smallest absolute Gasteiger partial charge is 0.0512 e. The first-order valence-corrected chi connectivity index (χ1v) is 8.17. The van der Waals surface area contributed by atoms with Crippen LogP contribution in [0.15, 0.2) is 16.8 Å². The van der Waals surface area contributed by atoms with Crippen molar-refractivity contribution in [3.63, 3.8) is 0 Å². The van der Waals surface area contributed by atoms with Crippen molar-refractivity contribution in [2.24, 2.45) is 0 Å². The highest BCUT2D eigenvalue weighted by molar-refractivity contribution is 7.07. The average Bonchev–Trinajstić information content (AvgIpc) is 3.08. The van der Waals surface area contributed by atoms with Gasteiger partial charge >= 0.3 is 0 Å². The van der Waals surface area contributed by atoms with Gasteiger partial charge in [-0.25, -0.2) is 0 Å². The quantitative estimate of drug-likeness (QED) is 0.845.